The summed E-state index contributed by atoms with van der Waals surface area (Å²) in [5, 5.41) is 9.11. The van der Waals surface area contributed by atoms with Crippen molar-refractivity contribution < 1.29 is 19.1 Å². The first-order chi connectivity index (χ1) is 11.0. The summed E-state index contributed by atoms with van der Waals surface area (Å²) >= 11 is 0. The summed E-state index contributed by atoms with van der Waals surface area (Å²) in [6.07, 6.45) is 2.89. The smallest absolute Gasteiger partial charge is 0.417 e. The molecular weight excluding hydrogens is 300 g/mol. The van der Waals surface area contributed by atoms with E-state index in [2.05, 4.69) is 4.98 Å². The molecular formula is C16H18N2O5. The number of H-pyrrole nitrogens is 1. The number of hydrogen-bond donors (Lipinski definition) is 2. The second-order valence-corrected chi connectivity index (χ2v) is 5.78. The first-order valence-corrected chi connectivity index (χ1v) is 7.68. The molecule has 2 heterocycles. The molecule has 2 N–H and O–H groups in total. The molecule has 2 aromatic rings. The standard InChI is InChI=1S/C16H18N2O5/c19-14(18-8-2-4-12(18)15(20)21)5-1-3-10-6-7-11-13(9-10)23-16(22)17-11/h6-7,9,12H,1-5,8H2,(H,17,22)(H,20,21). The fraction of sp³-hybridized carbons (Fsp3) is 0.438. The molecule has 1 aromatic carbocycles. The van der Waals surface area contributed by atoms with E-state index in [0.29, 0.717) is 43.3 Å². The number of fused-ring (bicyclic) bond motifs is 1. The van der Waals surface area contributed by atoms with Crippen LogP contribution in [0.15, 0.2) is 27.4 Å². The van der Waals surface area contributed by atoms with Gasteiger partial charge in [-0.1, -0.05) is 6.07 Å². The Hall–Kier alpha value is -2.57. The second-order valence-electron chi connectivity index (χ2n) is 5.78. The number of carbonyl (C=O) groups excluding carboxylic acids is 1. The van der Waals surface area contributed by atoms with Crippen molar-refractivity contribution in [2.75, 3.05) is 6.54 Å². The van der Waals surface area contributed by atoms with Crippen LogP contribution in [-0.4, -0.2) is 39.5 Å². The summed E-state index contributed by atoms with van der Waals surface area (Å²) in [5.41, 5.74) is 2.13. The van der Waals surface area contributed by atoms with Crippen LogP contribution < -0.4 is 5.76 Å². The van der Waals surface area contributed by atoms with Crippen molar-refractivity contribution in [3.8, 4) is 0 Å². The molecule has 122 valence electrons. The number of oxazole rings is 1. The maximum Gasteiger partial charge on any atom is 0.417 e. The van der Waals surface area contributed by atoms with Crippen LogP contribution in [0.1, 0.15) is 31.2 Å². The maximum absolute atomic E-state index is 12.2. The lowest BCUT2D eigenvalue weighted by atomic mass is 10.1. The lowest BCUT2D eigenvalue weighted by molar-refractivity contribution is -0.148. The number of rotatable bonds is 5. The molecule has 0 saturated carbocycles. The zero-order chi connectivity index (χ0) is 16.4. The Morgan fingerprint density at radius 2 is 2.22 bits per heavy atom. The molecule has 1 atom stereocenters. The lowest BCUT2D eigenvalue weighted by Gasteiger charge is -2.21. The highest BCUT2D eigenvalue weighted by atomic mass is 16.4. The summed E-state index contributed by atoms with van der Waals surface area (Å²) < 4.78 is 5.01. The van der Waals surface area contributed by atoms with Crippen LogP contribution in [0, 0.1) is 0 Å². The Kier molecular flexibility index (Phi) is 4.18. The number of carbonyl (C=O) groups is 2. The monoisotopic (exact) mass is 318 g/mol. The van der Waals surface area contributed by atoms with Crippen molar-refractivity contribution in [3.05, 3.63) is 34.3 Å². The van der Waals surface area contributed by atoms with Crippen LogP contribution in [0.4, 0.5) is 0 Å². The molecule has 7 nitrogen and oxygen atoms in total. The van der Waals surface area contributed by atoms with Gasteiger partial charge in [0.05, 0.1) is 5.52 Å². The van der Waals surface area contributed by atoms with Crippen LogP contribution in [-0.2, 0) is 16.0 Å². The maximum atomic E-state index is 12.2. The third-order valence-electron chi connectivity index (χ3n) is 4.20. The van der Waals surface area contributed by atoms with Gasteiger partial charge in [0.1, 0.15) is 6.04 Å². The highest BCUT2D eigenvalue weighted by Crippen LogP contribution is 2.20. The predicted octanol–water partition coefficient (Wildman–Crippen LogP) is 1.52. The predicted molar refractivity (Wildman–Crippen MR) is 82.1 cm³/mol. The Bertz CT molecular complexity index is 791. The highest BCUT2D eigenvalue weighted by Gasteiger charge is 2.33. The molecule has 0 aliphatic carbocycles. The molecule has 1 aliphatic heterocycles. The van der Waals surface area contributed by atoms with Gasteiger partial charge >= 0.3 is 11.7 Å². The van der Waals surface area contributed by atoms with E-state index in [-0.39, 0.29) is 5.91 Å². The molecule has 1 amide bonds. The summed E-state index contributed by atoms with van der Waals surface area (Å²) in [5.74, 6) is -1.52. The van der Waals surface area contributed by atoms with Gasteiger partial charge in [0.15, 0.2) is 5.58 Å². The van der Waals surface area contributed by atoms with E-state index in [0.717, 1.165) is 12.0 Å². The summed E-state index contributed by atoms with van der Waals surface area (Å²) in [7, 11) is 0. The molecule has 0 bridgehead atoms. The summed E-state index contributed by atoms with van der Waals surface area (Å²) in [4.78, 5) is 38.4. The van der Waals surface area contributed by atoms with Gasteiger partial charge in [-0.25, -0.2) is 9.59 Å². The number of carboxylic acids is 1. The average Bonchev–Trinajstić information content (AvgIpc) is 3.11. The quantitative estimate of drug-likeness (QED) is 0.870. The van der Waals surface area contributed by atoms with E-state index >= 15 is 0 Å². The number of benzene rings is 1. The van der Waals surface area contributed by atoms with E-state index in [1.165, 1.54) is 4.90 Å². The summed E-state index contributed by atoms with van der Waals surface area (Å²) in [6.45, 7) is 0.524. The van der Waals surface area contributed by atoms with E-state index in [1.807, 2.05) is 6.07 Å². The second kappa shape index (κ2) is 6.28. The van der Waals surface area contributed by atoms with Gasteiger partial charge in [0.2, 0.25) is 5.91 Å². The Morgan fingerprint density at radius 1 is 1.39 bits per heavy atom. The van der Waals surface area contributed by atoms with Crippen molar-refractivity contribution in [2.45, 2.75) is 38.1 Å². The number of carboxylic acid groups (broad SMARTS) is 1. The number of aryl methyl sites for hydroxylation is 1. The molecule has 1 unspecified atom stereocenters. The van der Waals surface area contributed by atoms with Gasteiger partial charge in [-0.05, 0) is 43.4 Å². The average molecular weight is 318 g/mol. The minimum atomic E-state index is -0.927. The number of nitrogens with one attached hydrogen (secondary N) is 1. The molecule has 3 rings (SSSR count). The third kappa shape index (κ3) is 3.28. The van der Waals surface area contributed by atoms with Crippen LogP contribution in [0.3, 0.4) is 0 Å². The van der Waals surface area contributed by atoms with Crippen molar-refractivity contribution in [1.29, 1.82) is 0 Å². The number of amides is 1. The zero-order valence-electron chi connectivity index (χ0n) is 12.6. The zero-order valence-corrected chi connectivity index (χ0v) is 12.6. The van der Waals surface area contributed by atoms with Crippen molar-refractivity contribution >= 4 is 23.0 Å². The molecule has 1 aromatic heterocycles. The van der Waals surface area contributed by atoms with Crippen molar-refractivity contribution in [3.63, 3.8) is 0 Å². The number of nitrogens with zero attached hydrogens (tertiary/aromatic N) is 1. The normalized spacial score (nSPS) is 17.7. The number of hydrogen-bond acceptors (Lipinski definition) is 4. The van der Waals surface area contributed by atoms with Gasteiger partial charge in [0.25, 0.3) is 0 Å². The first-order valence-electron chi connectivity index (χ1n) is 7.68. The SMILES string of the molecule is O=C(O)C1CCCN1C(=O)CCCc1ccc2[nH]c(=O)oc2c1. The van der Waals surface area contributed by atoms with Crippen LogP contribution in [0.2, 0.25) is 0 Å². The third-order valence-corrected chi connectivity index (χ3v) is 4.20. The number of aromatic nitrogens is 1. The van der Waals surface area contributed by atoms with Gasteiger partial charge < -0.3 is 14.4 Å². The topological polar surface area (TPSA) is 104 Å². The van der Waals surface area contributed by atoms with E-state index in [9.17, 15) is 14.4 Å². The highest BCUT2D eigenvalue weighted by molar-refractivity contribution is 5.84. The Labute approximate surface area is 131 Å². The molecule has 1 aliphatic rings. The minimum absolute atomic E-state index is 0.107. The molecule has 0 spiro atoms. The van der Waals surface area contributed by atoms with Gasteiger partial charge in [-0.3, -0.25) is 9.78 Å². The van der Waals surface area contributed by atoms with Crippen LogP contribution >= 0.6 is 0 Å². The fourth-order valence-corrected chi connectivity index (χ4v) is 3.05. The molecule has 0 radical (unpaired) electrons. The molecule has 1 fully saturated rings. The Balaban J connectivity index is 1.56. The molecule has 23 heavy (non-hydrogen) atoms. The molecule has 1 saturated heterocycles. The Morgan fingerprint density at radius 3 is 3.00 bits per heavy atom. The fourth-order valence-electron chi connectivity index (χ4n) is 3.05. The van der Waals surface area contributed by atoms with E-state index in [4.69, 9.17) is 9.52 Å². The van der Waals surface area contributed by atoms with Gasteiger partial charge in [-0.2, -0.15) is 0 Å². The summed E-state index contributed by atoms with van der Waals surface area (Å²) in [6, 6.07) is 4.77. The number of aliphatic carboxylic acids is 1. The van der Waals surface area contributed by atoms with Crippen LogP contribution in [0.25, 0.3) is 11.1 Å². The molecule has 7 heteroatoms. The van der Waals surface area contributed by atoms with E-state index in [1.54, 1.807) is 12.1 Å². The van der Waals surface area contributed by atoms with Crippen molar-refractivity contribution in [2.24, 2.45) is 0 Å². The van der Waals surface area contributed by atoms with Crippen molar-refractivity contribution in [1.82, 2.24) is 9.88 Å². The van der Waals surface area contributed by atoms with Gasteiger partial charge in [0, 0.05) is 13.0 Å². The lowest BCUT2D eigenvalue weighted by Crippen LogP contribution is -2.40. The number of likely N-dealkylation sites (tertiary alicyclic amines) is 1. The van der Waals surface area contributed by atoms with Crippen LogP contribution in [0.5, 0.6) is 0 Å². The van der Waals surface area contributed by atoms with Gasteiger partial charge in [-0.15, -0.1) is 0 Å². The largest absolute Gasteiger partial charge is 0.480 e. The minimum Gasteiger partial charge on any atom is -0.480 e. The first kappa shape index (κ1) is 15.3. The number of aromatic amines is 1. The van der Waals surface area contributed by atoms with E-state index < -0.39 is 17.8 Å².